The number of aliphatic imine (C=N–C) groups is 1. The molecular formula is C20H26ClIN6O. The van der Waals surface area contributed by atoms with E-state index < -0.39 is 0 Å². The molecule has 29 heavy (non-hydrogen) atoms. The van der Waals surface area contributed by atoms with Gasteiger partial charge in [0.25, 0.3) is 0 Å². The van der Waals surface area contributed by atoms with Gasteiger partial charge in [0.1, 0.15) is 5.76 Å². The van der Waals surface area contributed by atoms with Crippen LogP contribution < -0.4 is 10.6 Å². The number of hydrogen-bond donors (Lipinski definition) is 2. The van der Waals surface area contributed by atoms with Gasteiger partial charge in [0.15, 0.2) is 5.96 Å². The van der Waals surface area contributed by atoms with Crippen LogP contribution in [0.5, 0.6) is 0 Å². The number of aryl methyl sites for hydroxylation is 2. The van der Waals surface area contributed by atoms with Gasteiger partial charge in [-0.3, -0.25) is 4.99 Å². The van der Waals surface area contributed by atoms with E-state index in [0.29, 0.717) is 24.1 Å². The lowest BCUT2D eigenvalue weighted by molar-refractivity contribution is 0.380. The molecule has 3 aromatic rings. The Kier molecular flexibility index (Phi) is 8.97. The first-order chi connectivity index (χ1) is 13.6. The lowest BCUT2D eigenvalue weighted by Gasteiger charge is -2.11. The van der Waals surface area contributed by atoms with Gasteiger partial charge in [-0.2, -0.15) is 5.10 Å². The van der Waals surface area contributed by atoms with Gasteiger partial charge in [-0.1, -0.05) is 30.6 Å². The molecule has 2 heterocycles. The first-order valence-electron chi connectivity index (χ1n) is 9.34. The van der Waals surface area contributed by atoms with Crippen molar-refractivity contribution in [2.24, 2.45) is 4.99 Å². The van der Waals surface area contributed by atoms with E-state index in [1.165, 1.54) is 0 Å². The van der Waals surface area contributed by atoms with Gasteiger partial charge < -0.3 is 15.2 Å². The number of nitrogens with one attached hydrogen (secondary N) is 2. The van der Waals surface area contributed by atoms with E-state index >= 15 is 0 Å². The first kappa shape index (κ1) is 23.2. The molecule has 0 aliphatic carbocycles. The number of guanidine groups is 1. The fourth-order valence-corrected chi connectivity index (χ4v) is 3.03. The van der Waals surface area contributed by atoms with Crippen molar-refractivity contribution in [1.82, 2.24) is 25.6 Å². The summed E-state index contributed by atoms with van der Waals surface area (Å²) < 4.78 is 7.23. The third-order valence-corrected chi connectivity index (χ3v) is 4.70. The minimum Gasteiger partial charge on any atom is -0.361 e. The van der Waals surface area contributed by atoms with Crippen LogP contribution in [0.25, 0.3) is 5.69 Å². The van der Waals surface area contributed by atoms with E-state index in [1.54, 1.807) is 7.05 Å². The van der Waals surface area contributed by atoms with Crippen LogP contribution in [0.4, 0.5) is 0 Å². The standard InChI is InChI=1S/C20H25ClN6O.HI/c1-4-18-17(19(5-2)28-26-18)12-24-20(22-3)23-10-14-11-25-27(13-14)16-8-6-15(21)7-9-16;/h6-9,11,13H,4-5,10,12H2,1-3H3,(H2,22,23,24);1H. The SMILES string of the molecule is CCc1noc(CC)c1CNC(=NC)NCc1cnn(-c2ccc(Cl)cc2)c1.I. The maximum Gasteiger partial charge on any atom is 0.191 e. The number of hydrogen-bond acceptors (Lipinski definition) is 4. The second-order valence-electron chi connectivity index (χ2n) is 6.29. The summed E-state index contributed by atoms with van der Waals surface area (Å²) in [5, 5.41) is 15.9. The third-order valence-electron chi connectivity index (χ3n) is 4.45. The Morgan fingerprint density at radius 3 is 2.52 bits per heavy atom. The second kappa shape index (κ2) is 11.2. The molecule has 0 atom stereocenters. The Labute approximate surface area is 192 Å². The van der Waals surface area contributed by atoms with Crippen molar-refractivity contribution in [3.05, 3.63) is 64.3 Å². The molecule has 0 aliphatic rings. The van der Waals surface area contributed by atoms with Crippen LogP contribution in [0.15, 0.2) is 46.2 Å². The van der Waals surface area contributed by atoms with Crippen LogP contribution in [0.2, 0.25) is 5.02 Å². The minimum absolute atomic E-state index is 0. The average Bonchev–Trinajstić information content (AvgIpc) is 3.35. The fraction of sp³-hybridized carbons (Fsp3) is 0.350. The van der Waals surface area contributed by atoms with E-state index in [0.717, 1.165) is 41.1 Å². The number of halogens is 2. The van der Waals surface area contributed by atoms with Crippen molar-refractivity contribution in [2.45, 2.75) is 39.8 Å². The summed E-state index contributed by atoms with van der Waals surface area (Å²) in [5.41, 5.74) is 4.11. The quantitative estimate of drug-likeness (QED) is 0.274. The third kappa shape index (κ3) is 5.96. The maximum absolute atomic E-state index is 5.94. The molecule has 9 heteroatoms. The summed E-state index contributed by atoms with van der Waals surface area (Å²) >= 11 is 5.94. The van der Waals surface area contributed by atoms with Crippen LogP contribution in [0.3, 0.4) is 0 Å². The first-order valence-corrected chi connectivity index (χ1v) is 9.72. The zero-order valence-electron chi connectivity index (χ0n) is 16.8. The molecule has 0 radical (unpaired) electrons. The lowest BCUT2D eigenvalue weighted by Crippen LogP contribution is -2.36. The van der Waals surface area contributed by atoms with E-state index in [2.05, 4.69) is 39.7 Å². The van der Waals surface area contributed by atoms with Gasteiger partial charge >= 0.3 is 0 Å². The lowest BCUT2D eigenvalue weighted by atomic mass is 10.1. The predicted octanol–water partition coefficient (Wildman–Crippen LogP) is 4.12. The molecule has 156 valence electrons. The number of aromatic nitrogens is 3. The van der Waals surface area contributed by atoms with Gasteiger partial charge in [-0.05, 0) is 30.7 Å². The Morgan fingerprint density at radius 1 is 1.14 bits per heavy atom. The molecule has 2 N–H and O–H groups in total. The number of rotatable bonds is 7. The molecule has 0 saturated carbocycles. The normalized spacial score (nSPS) is 11.2. The van der Waals surface area contributed by atoms with Crippen molar-refractivity contribution < 1.29 is 4.52 Å². The molecule has 0 fully saturated rings. The highest BCUT2D eigenvalue weighted by Crippen LogP contribution is 2.15. The van der Waals surface area contributed by atoms with E-state index in [1.807, 2.05) is 41.3 Å². The van der Waals surface area contributed by atoms with Crippen LogP contribution in [0.1, 0.15) is 36.4 Å². The summed E-state index contributed by atoms with van der Waals surface area (Å²) in [7, 11) is 1.75. The highest BCUT2D eigenvalue weighted by Gasteiger charge is 2.13. The highest BCUT2D eigenvalue weighted by molar-refractivity contribution is 14.0. The molecular weight excluding hydrogens is 503 g/mol. The van der Waals surface area contributed by atoms with Crippen molar-refractivity contribution in [3.63, 3.8) is 0 Å². The van der Waals surface area contributed by atoms with Crippen LogP contribution in [0, 0.1) is 0 Å². The summed E-state index contributed by atoms with van der Waals surface area (Å²) in [6.45, 7) is 5.37. The molecule has 0 aliphatic heterocycles. The Bertz CT molecular complexity index is 913. The topological polar surface area (TPSA) is 80.3 Å². The summed E-state index contributed by atoms with van der Waals surface area (Å²) in [6.07, 6.45) is 5.48. The average molecular weight is 529 g/mol. The largest absolute Gasteiger partial charge is 0.361 e. The second-order valence-corrected chi connectivity index (χ2v) is 6.72. The molecule has 0 amide bonds. The summed E-state index contributed by atoms with van der Waals surface area (Å²) in [5.74, 6) is 1.63. The Morgan fingerprint density at radius 2 is 1.86 bits per heavy atom. The number of nitrogens with zero attached hydrogens (tertiary/aromatic N) is 4. The van der Waals surface area contributed by atoms with Gasteiger partial charge in [-0.25, -0.2) is 4.68 Å². The van der Waals surface area contributed by atoms with E-state index in [9.17, 15) is 0 Å². The van der Waals surface area contributed by atoms with Crippen LogP contribution >= 0.6 is 35.6 Å². The summed E-state index contributed by atoms with van der Waals surface area (Å²) in [4.78, 5) is 4.29. The van der Waals surface area contributed by atoms with Gasteiger partial charge in [0.2, 0.25) is 0 Å². The Hall–Kier alpha value is -2.07. The van der Waals surface area contributed by atoms with Crippen LogP contribution in [-0.2, 0) is 25.9 Å². The van der Waals surface area contributed by atoms with Crippen molar-refractivity contribution in [1.29, 1.82) is 0 Å². The van der Waals surface area contributed by atoms with E-state index in [4.69, 9.17) is 16.1 Å². The summed E-state index contributed by atoms with van der Waals surface area (Å²) in [6, 6.07) is 7.56. The van der Waals surface area contributed by atoms with Crippen molar-refractivity contribution >= 4 is 41.5 Å². The molecule has 2 aromatic heterocycles. The predicted molar refractivity (Wildman–Crippen MR) is 126 cm³/mol. The zero-order valence-corrected chi connectivity index (χ0v) is 19.9. The van der Waals surface area contributed by atoms with Gasteiger partial charge in [0, 0.05) is 48.9 Å². The molecule has 0 bridgehead atoms. The monoisotopic (exact) mass is 528 g/mol. The maximum atomic E-state index is 5.94. The molecule has 0 spiro atoms. The smallest absolute Gasteiger partial charge is 0.191 e. The fourth-order valence-electron chi connectivity index (χ4n) is 2.90. The van der Waals surface area contributed by atoms with E-state index in [-0.39, 0.29) is 24.0 Å². The minimum atomic E-state index is 0. The van der Waals surface area contributed by atoms with Gasteiger partial charge in [-0.15, -0.1) is 24.0 Å². The van der Waals surface area contributed by atoms with Crippen molar-refractivity contribution in [3.8, 4) is 5.69 Å². The molecule has 1 aromatic carbocycles. The molecule has 7 nitrogen and oxygen atoms in total. The molecule has 3 rings (SSSR count). The van der Waals surface area contributed by atoms with Gasteiger partial charge in [0.05, 0.1) is 17.6 Å². The van der Waals surface area contributed by atoms with Crippen molar-refractivity contribution in [2.75, 3.05) is 7.05 Å². The Balaban J connectivity index is 0.00000300. The molecule has 0 unspecified atom stereocenters. The zero-order chi connectivity index (χ0) is 19.9. The number of benzene rings is 1. The highest BCUT2D eigenvalue weighted by atomic mass is 127. The van der Waals surface area contributed by atoms with Crippen LogP contribution in [-0.4, -0.2) is 27.9 Å². The molecule has 0 saturated heterocycles.